The molecule has 128 valence electrons. The summed E-state index contributed by atoms with van der Waals surface area (Å²) < 4.78 is 5.25. The van der Waals surface area contributed by atoms with Gasteiger partial charge in [-0.1, -0.05) is 26.0 Å². The molecule has 1 atom stereocenters. The molecule has 2 N–H and O–H groups in total. The third-order valence-corrected chi connectivity index (χ3v) is 4.49. The lowest BCUT2D eigenvalue weighted by atomic mass is 9.89. The summed E-state index contributed by atoms with van der Waals surface area (Å²) >= 11 is 0. The fraction of sp³-hybridized carbons (Fsp3) is 0.611. The van der Waals surface area contributed by atoms with Gasteiger partial charge in [0.05, 0.1) is 13.2 Å². The van der Waals surface area contributed by atoms with Crippen LogP contribution in [-0.2, 0) is 0 Å². The summed E-state index contributed by atoms with van der Waals surface area (Å²) in [5.74, 6) is 0.820. The zero-order valence-electron chi connectivity index (χ0n) is 14.3. The van der Waals surface area contributed by atoms with Crippen LogP contribution >= 0.6 is 0 Å². The van der Waals surface area contributed by atoms with Crippen LogP contribution in [-0.4, -0.2) is 42.8 Å². The van der Waals surface area contributed by atoms with Gasteiger partial charge in [-0.15, -0.1) is 0 Å². The van der Waals surface area contributed by atoms with Gasteiger partial charge in [-0.05, 0) is 42.4 Å². The predicted molar refractivity (Wildman–Crippen MR) is 90.6 cm³/mol. The Morgan fingerprint density at radius 3 is 2.87 bits per heavy atom. The van der Waals surface area contributed by atoms with Gasteiger partial charge in [-0.25, -0.2) is 4.79 Å². The number of ether oxygens (including phenoxy) is 1. The molecule has 0 saturated carbocycles. The van der Waals surface area contributed by atoms with E-state index in [0.717, 1.165) is 37.1 Å². The number of amides is 2. The maximum Gasteiger partial charge on any atom is 0.317 e. The number of benzene rings is 1. The normalized spacial score (nSPS) is 17.6. The molecule has 1 saturated heterocycles. The Bertz CT molecular complexity index is 531. The molecule has 0 aromatic heterocycles. The molecule has 2 amide bonds. The van der Waals surface area contributed by atoms with Crippen LogP contribution < -0.4 is 10.1 Å². The van der Waals surface area contributed by atoms with Crippen molar-refractivity contribution in [2.45, 2.75) is 39.2 Å². The van der Waals surface area contributed by atoms with E-state index in [1.165, 1.54) is 0 Å². The number of likely N-dealkylation sites (tertiary alicyclic amines) is 1. The first-order valence-electron chi connectivity index (χ1n) is 8.26. The van der Waals surface area contributed by atoms with E-state index >= 15 is 0 Å². The fourth-order valence-electron chi connectivity index (χ4n) is 2.77. The van der Waals surface area contributed by atoms with Gasteiger partial charge in [0.2, 0.25) is 0 Å². The molecule has 1 aromatic carbocycles. The second-order valence-corrected chi connectivity index (χ2v) is 6.93. The Labute approximate surface area is 138 Å². The third kappa shape index (κ3) is 4.61. The average Bonchev–Trinajstić information content (AvgIpc) is 2.51. The maximum absolute atomic E-state index is 12.3. The van der Waals surface area contributed by atoms with Gasteiger partial charge in [0.1, 0.15) is 5.75 Å². The number of methoxy groups -OCH3 is 1. The van der Waals surface area contributed by atoms with Crippen molar-refractivity contribution in [2.75, 3.05) is 26.8 Å². The highest BCUT2D eigenvalue weighted by molar-refractivity contribution is 5.75. The SMILES string of the molecule is COc1cccc([C@H]2CCN2C(=O)NCCCC(C)(C)CO)c1. The summed E-state index contributed by atoms with van der Waals surface area (Å²) in [6.07, 6.45) is 2.75. The number of nitrogens with one attached hydrogen (secondary N) is 1. The van der Waals surface area contributed by atoms with Crippen molar-refractivity contribution < 1.29 is 14.6 Å². The smallest absolute Gasteiger partial charge is 0.317 e. The molecule has 0 bridgehead atoms. The number of hydrogen-bond donors (Lipinski definition) is 2. The first kappa shape index (κ1) is 17.6. The van der Waals surface area contributed by atoms with Gasteiger partial charge in [-0.3, -0.25) is 0 Å². The zero-order valence-corrected chi connectivity index (χ0v) is 14.3. The molecule has 1 heterocycles. The van der Waals surface area contributed by atoms with Crippen molar-refractivity contribution in [1.29, 1.82) is 0 Å². The molecule has 1 aliphatic rings. The second-order valence-electron chi connectivity index (χ2n) is 6.93. The largest absolute Gasteiger partial charge is 0.497 e. The minimum atomic E-state index is -0.0788. The quantitative estimate of drug-likeness (QED) is 0.759. The van der Waals surface area contributed by atoms with Gasteiger partial charge in [0.15, 0.2) is 0 Å². The molecule has 23 heavy (non-hydrogen) atoms. The van der Waals surface area contributed by atoms with Crippen LogP contribution in [0, 0.1) is 5.41 Å². The van der Waals surface area contributed by atoms with Gasteiger partial charge in [0.25, 0.3) is 0 Å². The van der Waals surface area contributed by atoms with Gasteiger partial charge < -0.3 is 20.1 Å². The van der Waals surface area contributed by atoms with E-state index in [-0.39, 0.29) is 24.1 Å². The lowest BCUT2D eigenvalue weighted by Crippen LogP contribution is -2.50. The monoisotopic (exact) mass is 320 g/mol. The molecule has 5 heteroatoms. The van der Waals surface area contributed by atoms with E-state index in [0.29, 0.717) is 6.54 Å². The highest BCUT2D eigenvalue weighted by Gasteiger charge is 2.33. The molecule has 5 nitrogen and oxygen atoms in total. The van der Waals surface area contributed by atoms with Gasteiger partial charge >= 0.3 is 6.03 Å². The summed E-state index contributed by atoms with van der Waals surface area (Å²) in [5, 5.41) is 12.2. The maximum atomic E-state index is 12.3. The lowest BCUT2D eigenvalue weighted by molar-refractivity contribution is 0.114. The molecule has 1 fully saturated rings. The Morgan fingerprint density at radius 1 is 1.48 bits per heavy atom. The highest BCUT2D eigenvalue weighted by atomic mass is 16.5. The molecule has 0 aliphatic carbocycles. The zero-order chi connectivity index (χ0) is 16.9. The number of aliphatic hydroxyl groups excluding tert-OH is 1. The van der Waals surface area contributed by atoms with Crippen molar-refractivity contribution in [3.63, 3.8) is 0 Å². The predicted octanol–water partition coefficient (Wildman–Crippen LogP) is 2.95. The minimum Gasteiger partial charge on any atom is -0.497 e. The van der Waals surface area contributed by atoms with Crippen molar-refractivity contribution in [3.05, 3.63) is 29.8 Å². The van der Waals surface area contributed by atoms with Crippen LogP contribution in [0.15, 0.2) is 24.3 Å². The fourth-order valence-corrected chi connectivity index (χ4v) is 2.77. The average molecular weight is 320 g/mol. The molecule has 1 aliphatic heterocycles. The number of hydrogen-bond acceptors (Lipinski definition) is 3. The highest BCUT2D eigenvalue weighted by Crippen LogP contribution is 2.34. The van der Waals surface area contributed by atoms with Crippen LogP contribution in [0.3, 0.4) is 0 Å². The Hall–Kier alpha value is -1.75. The molecule has 2 rings (SSSR count). The van der Waals surface area contributed by atoms with Gasteiger partial charge in [-0.2, -0.15) is 0 Å². The summed E-state index contributed by atoms with van der Waals surface area (Å²) in [5.41, 5.74) is 1.04. The summed E-state index contributed by atoms with van der Waals surface area (Å²) in [6, 6.07) is 8.03. The number of carbonyl (C=O) groups excluding carboxylic acids is 1. The number of nitrogens with zero attached hydrogens (tertiary/aromatic N) is 1. The summed E-state index contributed by atoms with van der Waals surface area (Å²) in [7, 11) is 1.65. The second kappa shape index (κ2) is 7.68. The molecule has 0 radical (unpaired) electrons. The number of urea groups is 1. The van der Waals surface area contributed by atoms with Crippen molar-refractivity contribution >= 4 is 6.03 Å². The van der Waals surface area contributed by atoms with E-state index in [9.17, 15) is 9.90 Å². The summed E-state index contributed by atoms with van der Waals surface area (Å²) in [4.78, 5) is 14.2. The Morgan fingerprint density at radius 2 is 2.26 bits per heavy atom. The third-order valence-electron chi connectivity index (χ3n) is 4.49. The molecule has 0 unspecified atom stereocenters. The van der Waals surface area contributed by atoms with Crippen LogP contribution in [0.2, 0.25) is 0 Å². The van der Waals surface area contributed by atoms with Crippen molar-refractivity contribution in [3.8, 4) is 5.75 Å². The van der Waals surface area contributed by atoms with E-state index in [4.69, 9.17) is 4.74 Å². The standard InChI is InChI=1S/C18H28N2O3/c1-18(2,13-21)9-5-10-19-17(22)20-11-8-16(20)14-6-4-7-15(12-14)23-3/h4,6-7,12,16,21H,5,8-11,13H2,1-3H3,(H,19,22)/t16-/m1/s1. The van der Waals surface area contributed by atoms with Crippen LogP contribution in [0.4, 0.5) is 4.79 Å². The number of rotatable bonds is 7. The van der Waals surface area contributed by atoms with E-state index < -0.39 is 0 Å². The van der Waals surface area contributed by atoms with E-state index in [2.05, 4.69) is 5.32 Å². The number of carbonyl (C=O) groups is 1. The number of aliphatic hydroxyl groups is 1. The molecule has 0 spiro atoms. The molecular formula is C18H28N2O3. The van der Waals surface area contributed by atoms with Crippen LogP contribution in [0.5, 0.6) is 5.75 Å². The lowest BCUT2D eigenvalue weighted by Gasteiger charge is -2.41. The van der Waals surface area contributed by atoms with Crippen molar-refractivity contribution in [1.82, 2.24) is 10.2 Å². The minimum absolute atomic E-state index is 0.00845. The van der Waals surface area contributed by atoms with Crippen LogP contribution in [0.1, 0.15) is 44.7 Å². The molecular weight excluding hydrogens is 292 g/mol. The summed E-state index contributed by atoms with van der Waals surface area (Å²) in [6.45, 7) is 5.66. The Balaban J connectivity index is 1.81. The Kier molecular flexibility index (Phi) is 5.88. The topological polar surface area (TPSA) is 61.8 Å². The molecule has 1 aromatic rings. The first-order chi connectivity index (χ1) is 11.0. The first-order valence-corrected chi connectivity index (χ1v) is 8.26. The van der Waals surface area contributed by atoms with E-state index in [1.54, 1.807) is 7.11 Å². The van der Waals surface area contributed by atoms with Crippen LogP contribution in [0.25, 0.3) is 0 Å². The van der Waals surface area contributed by atoms with Crippen molar-refractivity contribution in [2.24, 2.45) is 5.41 Å². The van der Waals surface area contributed by atoms with Gasteiger partial charge in [0, 0.05) is 19.7 Å². The van der Waals surface area contributed by atoms with E-state index in [1.807, 2.05) is 43.0 Å².